The third-order valence-electron chi connectivity index (χ3n) is 2.92. The summed E-state index contributed by atoms with van der Waals surface area (Å²) in [5.74, 6) is 0.522. The lowest BCUT2D eigenvalue weighted by Gasteiger charge is -2.09. The Morgan fingerprint density at radius 1 is 1.00 bits per heavy atom. The van der Waals surface area contributed by atoms with Crippen molar-refractivity contribution in [3.8, 4) is 17.2 Å². The van der Waals surface area contributed by atoms with Crippen LogP contribution in [0.1, 0.15) is 5.56 Å². The van der Waals surface area contributed by atoms with Crippen molar-refractivity contribution in [2.75, 3.05) is 0 Å². The Balaban J connectivity index is 1.64. The van der Waals surface area contributed by atoms with Gasteiger partial charge in [0.25, 0.3) is 5.22 Å². The van der Waals surface area contributed by atoms with Gasteiger partial charge in [-0.15, -0.1) is 23.4 Å². The summed E-state index contributed by atoms with van der Waals surface area (Å²) in [6.07, 6.45) is -4.71. The number of benzene rings is 2. The molecule has 3 rings (SSSR count). The molecule has 0 saturated carbocycles. The van der Waals surface area contributed by atoms with Gasteiger partial charge < -0.3 is 9.15 Å². The maximum Gasteiger partial charge on any atom is 0.573 e. The molecular formula is C16H11F3N2O2S. The molecule has 0 amide bonds. The van der Waals surface area contributed by atoms with Crippen LogP contribution in [0.15, 0.2) is 64.2 Å². The first-order valence-electron chi connectivity index (χ1n) is 6.86. The molecule has 0 aliphatic rings. The second kappa shape index (κ2) is 6.96. The van der Waals surface area contributed by atoms with Crippen molar-refractivity contribution in [2.45, 2.75) is 17.3 Å². The van der Waals surface area contributed by atoms with E-state index in [0.717, 1.165) is 5.56 Å². The molecule has 0 radical (unpaired) electrons. The van der Waals surface area contributed by atoms with Gasteiger partial charge in [0.1, 0.15) is 5.75 Å². The van der Waals surface area contributed by atoms with Crippen molar-refractivity contribution in [2.24, 2.45) is 0 Å². The summed E-state index contributed by atoms with van der Waals surface area (Å²) in [6, 6.07) is 15.1. The molecule has 0 N–H and O–H groups in total. The minimum absolute atomic E-state index is 0.254. The van der Waals surface area contributed by atoms with Crippen LogP contribution in [-0.2, 0) is 5.75 Å². The zero-order chi connectivity index (χ0) is 17.0. The van der Waals surface area contributed by atoms with Crippen LogP contribution >= 0.6 is 11.8 Å². The first-order chi connectivity index (χ1) is 11.5. The molecule has 2 aromatic carbocycles. The minimum atomic E-state index is -4.71. The van der Waals surface area contributed by atoms with E-state index < -0.39 is 6.36 Å². The number of halogens is 3. The lowest BCUT2D eigenvalue weighted by atomic mass is 10.2. The van der Waals surface area contributed by atoms with E-state index in [4.69, 9.17) is 4.42 Å². The molecule has 0 unspecified atom stereocenters. The minimum Gasteiger partial charge on any atom is -0.411 e. The normalized spacial score (nSPS) is 11.5. The van der Waals surface area contributed by atoms with Crippen LogP contribution < -0.4 is 4.74 Å². The van der Waals surface area contributed by atoms with Gasteiger partial charge in [0.15, 0.2) is 0 Å². The number of ether oxygens (including phenoxy) is 1. The molecule has 0 fully saturated rings. The largest absolute Gasteiger partial charge is 0.573 e. The zero-order valence-corrected chi connectivity index (χ0v) is 13.0. The predicted molar refractivity (Wildman–Crippen MR) is 82.4 cm³/mol. The van der Waals surface area contributed by atoms with Crippen molar-refractivity contribution in [3.63, 3.8) is 0 Å². The van der Waals surface area contributed by atoms with Gasteiger partial charge in [-0.2, -0.15) is 0 Å². The number of nitrogens with zero attached hydrogens (tertiary/aromatic N) is 2. The number of thioether (sulfide) groups is 1. The van der Waals surface area contributed by atoms with Crippen LogP contribution in [-0.4, -0.2) is 16.6 Å². The average Bonchev–Trinajstić information content (AvgIpc) is 3.01. The summed E-state index contributed by atoms with van der Waals surface area (Å²) in [7, 11) is 0. The van der Waals surface area contributed by atoms with E-state index in [2.05, 4.69) is 14.9 Å². The molecule has 24 heavy (non-hydrogen) atoms. The molecular weight excluding hydrogens is 341 g/mol. The SMILES string of the molecule is FC(F)(F)Oc1cccc(CSc2nnc(-c3ccccc3)o2)c1. The van der Waals surface area contributed by atoms with E-state index in [1.54, 1.807) is 6.07 Å². The van der Waals surface area contributed by atoms with Gasteiger partial charge in [0, 0.05) is 11.3 Å². The molecule has 0 bridgehead atoms. The number of alkyl halides is 3. The van der Waals surface area contributed by atoms with E-state index in [1.165, 1.54) is 30.0 Å². The molecule has 8 heteroatoms. The van der Waals surface area contributed by atoms with Crippen LogP contribution in [0.5, 0.6) is 5.75 Å². The number of hydrogen-bond donors (Lipinski definition) is 0. The van der Waals surface area contributed by atoms with Gasteiger partial charge in [-0.25, -0.2) is 0 Å². The zero-order valence-electron chi connectivity index (χ0n) is 12.2. The van der Waals surface area contributed by atoms with E-state index in [1.807, 2.05) is 30.3 Å². The van der Waals surface area contributed by atoms with E-state index in [-0.39, 0.29) is 5.75 Å². The monoisotopic (exact) mass is 352 g/mol. The number of aromatic nitrogens is 2. The Hall–Kier alpha value is -2.48. The van der Waals surface area contributed by atoms with Crippen molar-refractivity contribution in [3.05, 3.63) is 60.2 Å². The molecule has 124 valence electrons. The van der Waals surface area contributed by atoms with Crippen LogP contribution in [0.4, 0.5) is 13.2 Å². The molecule has 3 aromatic rings. The Morgan fingerprint density at radius 3 is 2.54 bits per heavy atom. The maximum atomic E-state index is 12.2. The molecule has 1 aromatic heterocycles. The highest BCUT2D eigenvalue weighted by molar-refractivity contribution is 7.98. The lowest BCUT2D eigenvalue weighted by molar-refractivity contribution is -0.274. The first kappa shape index (κ1) is 16.4. The number of rotatable bonds is 5. The molecule has 0 spiro atoms. The van der Waals surface area contributed by atoms with Gasteiger partial charge in [0.2, 0.25) is 5.89 Å². The van der Waals surface area contributed by atoms with E-state index >= 15 is 0 Å². The fourth-order valence-corrected chi connectivity index (χ4v) is 2.65. The second-order valence-corrected chi connectivity index (χ2v) is 5.65. The molecule has 0 aliphatic heterocycles. The highest BCUT2D eigenvalue weighted by atomic mass is 32.2. The van der Waals surface area contributed by atoms with Gasteiger partial charge >= 0.3 is 6.36 Å². The van der Waals surface area contributed by atoms with Gasteiger partial charge in [-0.3, -0.25) is 0 Å². The van der Waals surface area contributed by atoms with Crippen molar-refractivity contribution in [1.29, 1.82) is 0 Å². The summed E-state index contributed by atoms with van der Waals surface area (Å²) in [5.41, 5.74) is 1.46. The lowest BCUT2D eigenvalue weighted by Crippen LogP contribution is -2.17. The van der Waals surface area contributed by atoms with Crippen molar-refractivity contribution >= 4 is 11.8 Å². The van der Waals surface area contributed by atoms with Gasteiger partial charge in [-0.1, -0.05) is 42.1 Å². The van der Waals surface area contributed by atoms with Crippen LogP contribution in [0.2, 0.25) is 0 Å². The summed E-state index contributed by atoms with van der Waals surface area (Å²) in [6.45, 7) is 0. The Labute approximate surface area is 139 Å². The molecule has 0 aliphatic carbocycles. The van der Waals surface area contributed by atoms with Gasteiger partial charge in [0.05, 0.1) is 0 Å². The fourth-order valence-electron chi connectivity index (χ4n) is 1.94. The quantitative estimate of drug-likeness (QED) is 0.610. The van der Waals surface area contributed by atoms with E-state index in [0.29, 0.717) is 22.4 Å². The Bertz CT molecular complexity index is 806. The Morgan fingerprint density at radius 2 is 1.79 bits per heavy atom. The maximum absolute atomic E-state index is 12.2. The highest BCUT2D eigenvalue weighted by Crippen LogP contribution is 2.28. The average molecular weight is 352 g/mol. The Kier molecular flexibility index (Phi) is 4.75. The summed E-state index contributed by atoms with van der Waals surface area (Å²) in [5, 5.41) is 8.22. The predicted octanol–water partition coefficient (Wildman–Crippen LogP) is 4.93. The fraction of sp³-hybridized carbons (Fsp3) is 0.125. The van der Waals surface area contributed by atoms with Crippen molar-refractivity contribution in [1.82, 2.24) is 10.2 Å². The summed E-state index contributed by atoms with van der Waals surface area (Å²) < 4.78 is 46.1. The van der Waals surface area contributed by atoms with Gasteiger partial charge in [-0.05, 0) is 29.8 Å². The molecule has 0 saturated heterocycles. The smallest absolute Gasteiger partial charge is 0.411 e. The third-order valence-corrected chi connectivity index (χ3v) is 3.81. The standard InChI is InChI=1S/C16H11F3N2O2S/c17-16(18,19)23-13-8-4-5-11(9-13)10-24-15-21-20-14(22-15)12-6-2-1-3-7-12/h1-9H,10H2. The summed E-state index contributed by atoms with van der Waals surface area (Å²) >= 11 is 1.24. The third kappa shape index (κ3) is 4.51. The molecule has 0 atom stereocenters. The van der Waals surface area contributed by atoms with Crippen LogP contribution in [0, 0.1) is 0 Å². The van der Waals surface area contributed by atoms with E-state index in [9.17, 15) is 13.2 Å². The second-order valence-electron chi connectivity index (χ2n) is 4.72. The first-order valence-corrected chi connectivity index (χ1v) is 7.84. The number of hydrogen-bond acceptors (Lipinski definition) is 5. The molecule has 4 nitrogen and oxygen atoms in total. The van der Waals surface area contributed by atoms with Crippen LogP contribution in [0.25, 0.3) is 11.5 Å². The van der Waals surface area contributed by atoms with Crippen LogP contribution in [0.3, 0.4) is 0 Å². The topological polar surface area (TPSA) is 48.2 Å². The highest BCUT2D eigenvalue weighted by Gasteiger charge is 2.31. The van der Waals surface area contributed by atoms with Crippen molar-refractivity contribution < 1.29 is 22.3 Å². The summed E-state index contributed by atoms with van der Waals surface area (Å²) in [4.78, 5) is 0. The molecule has 1 heterocycles.